The number of rotatable bonds is 1. The van der Waals surface area contributed by atoms with Crippen LogP contribution in [0.1, 0.15) is 7.43 Å². The topological polar surface area (TPSA) is 47.6 Å². The average molecular weight is 222 g/mol. The van der Waals surface area contributed by atoms with Crippen LogP contribution in [0.4, 0.5) is 0 Å². The lowest BCUT2D eigenvalue weighted by Crippen LogP contribution is -1.73. The first kappa shape index (κ1) is 14.4. The van der Waals surface area contributed by atoms with E-state index in [1.807, 2.05) is 12.1 Å². The van der Waals surface area contributed by atoms with Crippen LogP contribution < -0.4 is 0 Å². The Labute approximate surface area is 102 Å². The van der Waals surface area contributed by atoms with Crippen LogP contribution in [0.3, 0.4) is 0 Å². The molecule has 0 saturated carbocycles. The summed E-state index contributed by atoms with van der Waals surface area (Å²) in [5, 5.41) is 14.5. The van der Waals surface area contributed by atoms with Crippen molar-refractivity contribution < 1.29 is 0 Å². The van der Waals surface area contributed by atoms with Crippen molar-refractivity contribution in [3.05, 3.63) is 60.7 Å². The number of hydrogen-bond donors (Lipinski definition) is 0. The van der Waals surface area contributed by atoms with Crippen molar-refractivity contribution in [2.45, 2.75) is 7.43 Å². The second kappa shape index (κ2) is 8.71. The van der Waals surface area contributed by atoms with Crippen LogP contribution in [-0.4, -0.2) is 0 Å². The van der Waals surface area contributed by atoms with Gasteiger partial charge in [-0.25, -0.2) is 0 Å². The van der Waals surface area contributed by atoms with Gasteiger partial charge in [0.1, 0.15) is 0 Å². The third kappa shape index (κ3) is 5.16. The lowest BCUT2D eigenvalue weighted by Gasteiger charge is -1.98. The largest absolute Gasteiger partial charge is 0.181 e. The third-order valence-electron chi connectivity index (χ3n) is 1.93. The molecule has 0 aliphatic heterocycles. The van der Waals surface area contributed by atoms with Crippen LogP contribution in [0.2, 0.25) is 0 Å². The Kier molecular flexibility index (Phi) is 7.38. The fraction of sp³-hybridized carbons (Fsp3) is 0.0667. The van der Waals surface area contributed by atoms with Gasteiger partial charge in [-0.3, -0.25) is 0 Å². The summed E-state index contributed by atoms with van der Waals surface area (Å²) in [4.78, 5) is 0. The van der Waals surface area contributed by atoms with E-state index in [0.29, 0.717) is 0 Å². The molecule has 2 rings (SSSR count). The Morgan fingerprint density at radius 1 is 0.588 bits per heavy atom. The van der Waals surface area contributed by atoms with Gasteiger partial charge in [0.15, 0.2) is 12.1 Å². The number of hydrogen-bond acceptors (Lipinski definition) is 2. The summed E-state index contributed by atoms with van der Waals surface area (Å²) in [5.74, 6) is 0. The zero-order valence-corrected chi connectivity index (χ0v) is 8.67. The molecule has 0 saturated heterocycles. The van der Waals surface area contributed by atoms with Crippen molar-refractivity contribution in [2.24, 2.45) is 0 Å². The van der Waals surface area contributed by atoms with E-state index in [2.05, 4.69) is 48.5 Å². The molecule has 0 bridgehead atoms. The molecule has 2 heteroatoms. The molecular weight excluding hydrogens is 208 g/mol. The highest BCUT2D eigenvalue weighted by molar-refractivity contribution is 5.62. The number of nitrogens with zero attached hydrogens (tertiary/aromatic N) is 2. The zero-order valence-electron chi connectivity index (χ0n) is 8.67. The minimum absolute atomic E-state index is 0. The van der Waals surface area contributed by atoms with E-state index in [0.717, 1.165) is 0 Å². The number of benzene rings is 2. The van der Waals surface area contributed by atoms with Crippen molar-refractivity contribution >= 4 is 0 Å². The Hall–Kier alpha value is -2.58. The highest BCUT2D eigenvalue weighted by atomic mass is 14.3. The van der Waals surface area contributed by atoms with Gasteiger partial charge in [-0.05, 0) is 11.1 Å². The molecule has 17 heavy (non-hydrogen) atoms. The normalized spacial score (nSPS) is 7.41. The SMILES string of the molecule is C.N#CC#N.c1ccc(-c2ccccc2)cc1. The molecule has 2 aromatic carbocycles. The van der Waals surface area contributed by atoms with Crippen LogP contribution >= 0.6 is 0 Å². The van der Waals surface area contributed by atoms with Gasteiger partial charge >= 0.3 is 0 Å². The Balaban J connectivity index is 0.000000453. The van der Waals surface area contributed by atoms with Gasteiger partial charge in [-0.2, -0.15) is 10.5 Å². The highest BCUT2D eigenvalue weighted by Crippen LogP contribution is 2.17. The van der Waals surface area contributed by atoms with Crippen molar-refractivity contribution in [3.8, 4) is 23.3 Å². The average Bonchev–Trinajstić information content (AvgIpc) is 2.41. The Bertz CT molecular complexity index is 440. The molecule has 0 N–H and O–H groups in total. The fourth-order valence-corrected chi connectivity index (χ4v) is 1.26. The fourth-order valence-electron chi connectivity index (χ4n) is 1.26. The zero-order chi connectivity index (χ0) is 11.6. The first-order valence-corrected chi connectivity index (χ1v) is 4.77. The molecule has 0 spiro atoms. The lowest BCUT2D eigenvalue weighted by atomic mass is 10.1. The molecule has 0 aliphatic carbocycles. The minimum Gasteiger partial charge on any atom is -0.181 e. The van der Waals surface area contributed by atoms with E-state index in [-0.39, 0.29) is 7.43 Å². The van der Waals surface area contributed by atoms with Gasteiger partial charge in [0, 0.05) is 0 Å². The summed E-state index contributed by atoms with van der Waals surface area (Å²) in [7, 11) is 0. The monoisotopic (exact) mass is 222 g/mol. The van der Waals surface area contributed by atoms with Gasteiger partial charge in [-0.15, -0.1) is 0 Å². The van der Waals surface area contributed by atoms with Crippen LogP contribution in [0.15, 0.2) is 60.7 Å². The molecule has 0 heterocycles. The predicted molar refractivity (Wildman–Crippen MR) is 69.8 cm³/mol. The van der Waals surface area contributed by atoms with Crippen molar-refractivity contribution in [1.29, 1.82) is 10.5 Å². The van der Waals surface area contributed by atoms with E-state index < -0.39 is 0 Å². The van der Waals surface area contributed by atoms with Gasteiger partial charge in [0.2, 0.25) is 0 Å². The molecule has 0 unspecified atom stereocenters. The smallest absolute Gasteiger partial charge is 0.181 e. The maximum absolute atomic E-state index is 7.26. The summed E-state index contributed by atoms with van der Waals surface area (Å²) in [6, 6.07) is 23.3. The summed E-state index contributed by atoms with van der Waals surface area (Å²) in [6.45, 7) is 0. The van der Waals surface area contributed by atoms with Crippen molar-refractivity contribution in [3.63, 3.8) is 0 Å². The minimum atomic E-state index is 0. The van der Waals surface area contributed by atoms with Crippen LogP contribution in [0.5, 0.6) is 0 Å². The second-order valence-electron chi connectivity index (χ2n) is 2.96. The molecule has 0 aliphatic rings. The highest BCUT2D eigenvalue weighted by Gasteiger charge is 1.91. The Morgan fingerprint density at radius 2 is 0.882 bits per heavy atom. The summed E-state index contributed by atoms with van der Waals surface area (Å²) in [6.07, 6.45) is 0. The first-order valence-electron chi connectivity index (χ1n) is 4.77. The van der Waals surface area contributed by atoms with Gasteiger partial charge in [0.25, 0.3) is 0 Å². The van der Waals surface area contributed by atoms with E-state index in [1.54, 1.807) is 0 Å². The molecule has 84 valence electrons. The van der Waals surface area contributed by atoms with Gasteiger partial charge < -0.3 is 0 Å². The first-order chi connectivity index (χ1) is 7.88. The lowest BCUT2D eigenvalue weighted by molar-refractivity contribution is 1.49. The van der Waals surface area contributed by atoms with Crippen LogP contribution in [0, 0.1) is 22.7 Å². The maximum atomic E-state index is 7.26. The quantitative estimate of drug-likeness (QED) is 0.731. The third-order valence-corrected chi connectivity index (χ3v) is 1.93. The van der Waals surface area contributed by atoms with Crippen LogP contribution in [-0.2, 0) is 0 Å². The summed E-state index contributed by atoms with van der Waals surface area (Å²) in [5.41, 5.74) is 2.55. The molecule has 2 nitrogen and oxygen atoms in total. The van der Waals surface area contributed by atoms with Gasteiger partial charge in [0.05, 0.1) is 0 Å². The van der Waals surface area contributed by atoms with Crippen LogP contribution in [0.25, 0.3) is 11.1 Å². The summed E-state index contributed by atoms with van der Waals surface area (Å²) >= 11 is 0. The maximum Gasteiger partial charge on any atom is 0.181 e. The molecule has 0 aromatic heterocycles. The van der Waals surface area contributed by atoms with Gasteiger partial charge in [-0.1, -0.05) is 68.1 Å². The van der Waals surface area contributed by atoms with E-state index in [1.165, 1.54) is 23.3 Å². The van der Waals surface area contributed by atoms with E-state index in [4.69, 9.17) is 10.5 Å². The summed E-state index contributed by atoms with van der Waals surface area (Å²) < 4.78 is 0. The Morgan fingerprint density at radius 3 is 1.12 bits per heavy atom. The standard InChI is InChI=1S/C12H10.C2N2.CH4/c1-3-7-11(8-4-1)12-9-5-2-6-10-12;3-1-2-4;/h1-10H;;1H4. The van der Waals surface area contributed by atoms with Crippen molar-refractivity contribution in [2.75, 3.05) is 0 Å². The molecule has 0 atom stereocenters. The van der Waals surface area contributed by atoms with E-state index >= 15 is 0 Å². The molecule has 0 amide bonds. The molecule has 0 fully saturated rings. The second-order valence-corrected chi connectivity index (χ2v) is 2.96. The van der Waals surface area contributed by atoms with Crippen molar-refractivity contribution in [1.82, 2.24) is 0 Å². The molecule has 0 radical (unpaired) electrons. The molecular formula is C15H14N2. The predicted octanol–water partition coefficient (Wildman–Crippen LogP) is 4.02. The molecule has 2 aromatic rings. The van der Waals surface area contributed by atoms with E-state index in [9.17, 15) is 0 Å². The number of nitriles is 2.